The van der Waals surface area contributed by atoms with Gasteiger partial charge in [-0.05, 0) is 119 Å². The van der Waals surface area contributed by atoms with E-state index in [0.29, 0.717) is 34.8 Å². The quantitative estimate of drug-likeness (QED) is 0.147. The number of carbonyl (C=O) groups is 5. The summed E-state index contributed by atoms with van der Waals surface area (Å²) in [6.45, 7) is 14.3. The Hall–Kier alpha value is -6.52. The number of nitrogens with zero attached hydrogens (tertiary/aromatic N) is 7. The van der Waals surface area contributed by atoms with Crippen molar-refractivity contribution in [2.24, 2.45) is 0 Å². The number of aryl methyl sites for hydroxylation is 2. The lowest BCUT2D eigenvalue weighted by Gasteiger charge is -2.43. The number of hydrogen-bond donors (Lipinski definition) is 3. The predicted octanol–water partition coefficient (Wildman–Crippen LogP) is 4.75. The molecule has 9 rings (SSSR count). The highest BCUT2D eigenvalue weighted by Gasteiger charge is 2.44. The second-order valence-electron chi connectivity index (χ2n) is 18.1. The van der Waals surface area contributed by atoms with Gasteiger partial charge in [0, 0.05) is 86.2 Å². The van der Waals surface area contributed by atoms with Crippen molar-refractivity contribution >= 4 is 46.3 Å². The van der Waals surface area contributed by atoms with E-state index < -0.39 is 29.7 Å². The highest BCUT2D eigenvalue weighted by molar-refractivity contribution is 6.23. The van der Waals surface area contributed by atoms with Gasteiger partial charge in [0.15, 0.2) is 0 Å². The van der Waals surface area contributed by atoms with Gasteiger partial charge >= 0.3 is 0 Å². The van der Waals surface area contributed by atoms with Crippen molar-refractivity contribution < 1.29 is 24.0 Å². The van der Waals surface area contributed by atoms with E-state index in [2.05, 4.69) is 74.4 Å². The standard InChI is InChI=1S/C49H56N10O6/c1-5-6-32-21-30(4)53-46(62)39(32)26-51-45(61)37-23-34(24-42-40(37)27-52-59(42)29(2)3)33-8-11-43(50-25-33)57-19-17-56(18-20-57)35-13-15-55(16-14-35)28-31-7-9-36-38(22-31)49(65)58(48(36)64)41-10-12-44(60)54-47(41)63/h7-9,11,21-25,27,29,35,41H,5-6,10,12-20,26,28H2,1-4H3,(H,51,61)(H,53,62)(H,54,60,63). The molecule has 0 saturated carbocycles. The van der Waals surface area contributed by atoms with Gasteiger partial charge in [0.1, 0.15) is 11.9 Å². The zero-order chi connectivity index (χ0) is 45.5. The van der Waals surface area contributed by atoms with Crippen LogP contribution in [0.4, 0.5) is 5.82 Å². The smallest absolute Gasteiger partial charge is 0.262 e. The molecule has 338 valence electrons. The molecule has 0 bridgehead atoms. The average Bonchev–Trinajstić information content (AvgIpc) is 3.84. The van der Waals surface area contributed by atoms with Crippen LogP contribution < -0.4 is 21.1 Å². The third-order valence-corrected chi connectivity index (χ3v) is 13.5. The number of piperidine rings is 2. The van der Waals surface area contributed by atoms with Crippen molar-refractivity contribution in [2.45, 2.75) is 97.4 Å². The fourth-order valence-electron chi connectivity index (χ4n) is 10.0. The number of amides is 5. The van der Waals surface area contributed by atoms with E-state index in [0.717, 1.165) is 115 Å². The first-order valence-electron chi connectivity index (χ1n) is 22.9. The number of nitrogens with one attached hydrogen (secondary N) is 3. The molecule has 16 nitrogen and oxygen atoms in total. The van der Waals surface area contributed by atoms with Crippen molar-refractivity contribution in [1.29, 1.82) is 0 Å². The molecule has 7 heterocycles. The van der Waals surface area contributed by atoms with E-state index in [1.807, 2.05) is 36.0 Å². The molecule has 16 heteroatoms. The molecule has 1 unspecified atom stereocenters. The lowest BCUT2D eigenvalue weighted by molar-refractivity contribution is -0.136. The van der Waals surface area contributed by atoms with E-state index >= 15 is 0 Å². The Morgan fingerprint density at radius 1 is 0.862 bits per heavy atom. The van der Waals surface area contributed by atoms with Gasteiger partial charge in [-0.15, -0.1) is 0 Å². The molecule has 4 aliphatic rings. The van der Waals surface area contributed by atoms with E-state index in [-0.39, 0.29) is 36.9 Å². The Labute approximate surface area is 377 Å². The minimum Gasteiger partial charge on any atom is -0.354 e. The summed E-state index contributed by atoms with van der Waals surface area (Å²) < 4.78 is 1.92. The van der Waals surface area contributed by atoms with Crippen molar-refractivity contribution in [1.82, 2.24) is 45.1 Å². The number of fused-ring (bicyclic) bond motifs is 2. The lowest BCUT2D eigenvalue weighted by atomic mass is 10.00. The molecule has 65 heavy (non-hydrogen) atoms. The number of imide groups is 2. The maximum absolute atomic E-state index is 13.9. The van der Waals surface area contributed by atoms with Gasteiger partial charge in [-0.3, -0.25) is 53.5 Å². The SMILES string of the molecule is CCCc1cc(C)[nH]c(=O)c1CNC(=O)c1cc(-c2ccc(N3CCN(C4CCN(Cc5ccc6c(c5)C(=O)N(C5CCC(=O)NC5=O)C6=O)CC4)CC3)nc2)cc2c1cnn2C(C)C. The number of rotatable bonds is 12. The monoisotopic (exact) mass is 880 g/mol. The highest BCUT2D eigenvalue weighted by Crippen LogP contribution is 2.32. The van der Waals surface area contributed by atoms with E-state index in [4.69, 9.17) is 4.98 Å². The molecular weight excluding hydrogens is 825 g/mol. The predicted molar refractivity (Wildman–Crippen MR) is 246 cm³/mol. The zero-order valence-electron chi connectivity index (χ0n) is 37.5. The summed E-state index contributed by atoms with van der Waals surface area (Å²) in [5.41, 5.74) is 6.81. The Bertz CT molecular complexity index is 2740. The Morgan fingerprint density at radius 3 is 2.34 bits per heavy atom. The summed E-state index contributed by atoms with van der Waals surface area (Å²) in [5, 5.41) is 10.7. The van der Waals surface area contributed by atoms with Gasteiger partial charge in [0.2, 0.25) is 11.8 Å². The molecular formula is C49H56N10O6. The van der Waals surface area contributed by atoms with Crippen LogP contribution in [0.2, 0.25) is 0 Å². The molecule has 3 fully saturated rings. The summed E-state index contributed by atoms with van der Waals surface area (Å²) in [4.78, 5) is 93.6. The van der Waals surface area contributed by atoms with Crippen molar-refractivity contribution in [3.05, 3.63) is 110 Å². The van der Waals surface area contributed by atoms with Crippen LogP contribution in [0.3, 0.4) is 0 Å². The first-order valence-corrected chi connectivity index (χ1v) is 22.9. The molecule has 4 aliphatic heterocycles. The number of aromatic nitrogens is 4. The highest BCUT2D eigenvalue weighted by atomic mass is 16.2. The molecule has 5 aromatic rings. The fourth-order valence-corrected chi connectivity index (χ4v) is 10.0. The minimum absolute atomic E-state index is 0.0774. The van der Waals surface area contributed by atoms with Gasteiger partial charge in [-0.1, -0.05) is 19.4 Å². The van der Waals surface area contributed by atoms with Crippen LogP contribution in [0.25, 0.3) is 22.0 Å². The van der Waals surface area contributed by atoms with Gasteiger partial charge in [0.05, 0.1) is 28.4 Å². The Morgan fingerprint density at radius 2 is 1.63 bits per heavy atom. The minimum atomic E-state index is -0.975. The first-order chi connectivity index (χ1) is 31.4. The fraction of sp³-hybridized carbons (Fsp3) is 0.429. The van der Waals surface area contributed by atoms with Crippen LogP contribution >= 0.6 is 0 Å². The number of hydrogen-bond acceptors (Lipinski definition) is 11. The van der Waals surface area contributed by atoms with E-state index in [9.17, 15) is 28.8 Å². The van der Waals surface area contributed by atoms with Gasteiger partial charge in [-0.2, -0.15) is 5.10 Å². The summed E-state index contributed by atoms with van der Waals surface area (Å²) in [6, 6.07) is 15.0. The molecule has 1 atom stereocenters. The molecule has 3 N–H and O–H groups in total. The molecule has 0 spiro atoms. The molecule has 3 saturated heterocycles. The van der Waals surface area contributed by atoms with E-state index in [1.54, 1.807) is 18.3 Å². The topological polar surface area (TPSA) is 186 Å². The summed E-state index contributed by atoms with van der Waals surface area (Å²) in [5.74, 6) is -1.33. The van der Waals surface area contributed by atoms with E-state index in [1.165, 1.54) is 0 Å². The number of benzene rings is 2. The Kier molecular flexibility index (Phi) is 12.2. The summed E-state index contributed by atoms with van der Waals surface area (Å²) in [7, 11) is 0. The maximum Gasteiger partial charge on any atom is 0.262 e. The summed E-state index contributed by atoms with van der Waals surface area (Å²) >= 11 is 0. The summed E-state index contributed by atoms with van der Waals surface area (Å²) in [6.07, 6.45) is 7.55. The zero-order valence-corrected chi connectivity index (χ0v) is 37.5. The number of anilines is 1. The van der Waals surface area contributed by atoms with Gasteiger partial charge < -0.3 is 15.2 Å². The van der Waals surface area contributed by atoms with Gasteiger partial charge in [-0.25, -0.2) is 4.98 Å². The van der Waals surface area contributed by atoms with Crippen molar-refractivity contribution in [3.8, 4) is 11.1 Å². The normalized spacial score (nSPS) is 18.8. The molecule has 0 aliphatic carbocycles. The number of piperazine rings is 1. The van der Waals surface area contributed by atoms with Crippen LogP contribution in [0.5, 0.6) is 0 Å². The number of carbonyl (C=O) groups excluding carboxylic acids is 5. The second-order valence-corrected chi connectivity index (χ2v) is 18.1. The van der Waals surface area contributed by atoms with Crippen LogP contribution in [0.15, 0.2) is 65.7 Å². The third kappa shape index (κ3) is 8.72. The molecule has 5 amide bonds. The average molecular weight is 881 g/mol. The van der Waals surface area contributed by atoms with Crippen molar-refractivity contribution in [2.75, 3.05) is 44.2 Å². The largest absolute Gasteiger partial charge is 0.354 e. The molecule has 2 aromatic carbocycles. The number of H-pyrrole nitrogens is 1. The number of pyridine rings is 2. The van der Waals surface area contributed by atoms with Crippen LogP contribution in [0.1, 0.15) is 112 Å². The molecule has 0 radical (unpaired) electrons. The van der Waals surface area contributed by atoms with Gasteiger partial charge in [0.25, 0.3) is 23.3 Å². The first kappa shape index (κ1) is 43.7. The maximum atomic E-state index is 13.9. The van der Waals surface area contributed by atoms with Crippen LogP contribution in [0, 0.1) is 6.92 Å². The lowest BCUT2D eigenvalue weighted by Crippen LogP contribution is -2.54. The number of likely N-dealkylation sites (tertiary alicyclic amines) is 1. The van der Waals surface area contributed by atoms with Crippen LogP contribution in [-0.2, 0) is 29.1 Å². The van der Waals surface area contributed by atoms with Crippen LogP contribution in [-0.4, -0.2) is 115 Å². The Balaban J connectivity index is 0.804. The number of aromatic amines is 1. The molecule has 3 aromatic heterocycles. The second kappa shape index (κ2) is 18.2. The van der Waals surface area contributed by atoms with Crippen molar-refractivity contribution in [3.63, 3.8) is 0 Å². The third-order valence-electron chi connectivity index (χ3n) is 13.5.